The summed E-state index contributed by atoms with van der Waals surface area (Å²) in [6.07, 6.45) is 1.69. The summed E-state index contributed by atoms with van der Waals surface area (Å²) in [7, 11) is 0. The van der Waals surface area contributed by atoms with Crippen molar-refractivity contribution in [3.8, 4) is 0 Å². The Morgan fingerprint density at radius 2 is 1.88 bits per heavy atom. The lowest BCUT2D eigenvalue weighted by Gasteiger charge is -2.32. The topological polar surface area (TPSA) is 101 Å². The van der Waals surface area contributed by atoms with E-state index in [1.165, 1.54) is 0 Å². The number of carbonyl (C=O) groups excluding carboxylic acids is 2. The number of nitrogens with zero attached hydrogens (tertiary/aromatic N) is 3. The second-order valence-corrected chi connectivity index (χ2v) is 6.88. The van der Waals surface area contributed by atoms with E-state index in [1.807, 2.05) is 24.0 Å². The van der Waals surface area contributed by atoms with Gasteiger partial charge < -0.3 is 16.0 Å². The largest absolute Gasteiger partial charge is 0.366 e. The molecule has 0 spiro atoms. The molecule has 2 aromatic heterocycles. The number of likely N-dealkylation sites (tertiary alicyclic amines) is 1. The molecule has 1 saturated heterocycles. The molecular formula is C16H19N5O2S. The summed E-state index contributed by atoms with van der Waals surface area (Å²) in [6, 6.07) is 7.37. The summed E-state index contributed by atoms with van der Waals surface area (Å²) in [5.41, 5.74) is 6.12. The van der Waals surface area contributed by atoms with Crippen LogP contribution < -0.4 is 11.1 Å². The van der Waals surface area contributed by atoms with Crippen LogP contribution in [0.15, 0.2) is 24.3 Å². The number of anilines is 1. The van der Waals surface area contributed by atoms with Gasteiger partial charge in [-0.1, -0.05) is 0 Å². The molecule has 1 fully saturated rings. The molecule has 3 rings (SSSR count). The minimum Gasteiger partial charge on any atom is -0.366 e. The van der Waals surface area contributed by atoms with Crippen LogP contribution in [-0.2, 0) is 0 Å². The summed E-state index contributed by atoms with van der Waals surface area (Å²) in [5, 5.41) is 11.5. The molecule has 8 heteroatoms. The Kier molecular flexibility index (Phi) is 4.75. The fourth-order valence-corrected chi connectivity index (χ4v) is 3.48. The number of aryl methyl sites for hydroxylation is 1. The number of piperidine rings is 1. The molecule has 0 saturated carbocycles. The highest BCUT2D eigenvalue weighted by atomic mass is 32.1. The summed E-state index contributed by atoms with van der Waals surface area (Å²) < 4.78 is 0. The molecule has 3 N–H and O–H groups in total. The van der Waals surface area contributed by atoms with Gasteiger partial charge in [-0.15, -0.1) is 16.4 Å². The molecule has 1 aliphatic rings. The zero-order valence-corrected chi connectivity index (χ0v) is 14.2. The third kappa shape index (κ3) is 3.70. The quantitative estimate of drug-likeness (QED) is 0.877. The second kappa shape index (κ2) is 6.96. The highest BCUT2D eigenvalue weighted by Gasteiger charge is 2.25. The Morgan fingerprint density at radius 3 is 2.46 bits per heavy atom. The lowest BCUT2D eigenvalue weighted by atomic mass is 10.0. The lowest BCUT2D eigenvalue weighted by Crippen LogP contribution is -2.42. The summed E-state index contributed by atoms with van der Waals surface area (Å²) in [6.45, 7) is 3.23. The first-order valence-electron chi connectivity index (χ1n) is 7.78. The molecule has 2 aromatic rings. The standard InChI is InChI=1S/C16H19N5O2S/c1-10-2-5-14(20-19-10)18-11-6-8-21(9-7-11)16(23)13-4-3-12(24-13)15(17)22/h2-5,11H,6-9H2,1H3,(H2,17,22)(H,18,20). The summed E-state index contributed by atoms with van der Waals surface area (Å²) >= 11 is 1.15. The average Bonchev–Trinajstić information content (AvgIpc) is 3.07. The van der Waals surface area contributed by atoms with E-state index in [2.05, 4.69) is 15.5 Å². The number of nitrogens with one attached hydrogen (secondary N) is 1. The van der Waals surface area contributed by atoms with Crippen molar-refractivity contribution in [3.05, 3.63) is 39.7 Å². The third-order valence-corrected chi connectivity index (χ3v) is 5.08. The van der Waals surface area contributed by atoms with E-state index in [0.29, 0.717) is 22.8 Å². The van der Waals surface area contributed by atoms with Crippen molar-refractivity contribution in [2.24, 2.45) is 5.73 Å². The minimum absolute atomic E-state index is 0.0407. The van der Waals surface area contributed by atoms with Crippen LogP contribution in [0.5, 0.6) is 0 Å². The number of aromatic nitrogens is 2. The van der Waals surface area contributed by atoms with Crippen molar-refractivity contribution >= 4 is 29.0 Å². The van der Waals surface area contributed by atoms with Crippen LogP contribution >= 0.6 is 11.3 Å². The average molecular weight is 345 g/mol. The maximum Gasteiger partial charge on any atom is 0.263 e. The van der Waals surface area contributed by atoms with E-state index >= 15 is 0 Å². The minimum atomic E-state index is -0.499. The monoisotopic (exact) mass is 345 g/mol. The first-order chi connectivity index (χ1) is 11.5. The molecule has 2 amide bonds. The predicted octanol–water partition coefficient (Wildman–Crippen LogP) is 1.66. The van der Waals surface area contributed by atoms with Crippen LogP contribution in [0.1, 0.15) is 37.9 Å². The van der Waals surface area contributed by atoms with Gasteiger partial charge in [-0.05, 0) is 44.0 Å². The number of rotatable bonds is 4. The zero-order chi connectivity index (χ0) is 17.1. The smallest absolute Gasteiger partial charge is 0.263 e. The van der Waals surface area contributed by atoms with Crippen molar-refractivity contribution in [1.82, 2.24) is 15.1 Å². The van der Waals surface area contributed by atoms with Gasteiger partial charge in [0, 0.05) is 19.1 Å². The van der Waals surface area contributed by atoms with Crippen LogP contribution in [0.25, 0.3) is 0 Å². The van der Waals surface area contributed by atoms with Crippen LogP contribution in [0.3, 0.4) is 0 Å². The number of hydrogen-bond acceptors (Lipinski definition) is 6. The molecule has 3 heterocycles. The number of primary amides is 1. The maximum absolute atomic E-state index is 12.5. The van der Waals surface area contributed by atoms with Gasteiger partial charge in [-0.25, -0.2) is 0 Å². The number of thiophene rings is 1. The summed E-state index contributed by atoms with van der Waals surface area (Å²) in [4.78, 5) is 26.4. The molecular weight excluding hydrogens is 326 g/mol. The Balaban J connectivity index is 1.55. The number of hydrogen-bond donors (Lipinski definition) is 2. The van der Waals surface area contributed by atoms with E-state index in [-0.39, 0.29) is 11.9 Å². The van der Waals surface area contributed by atoms with Gasteiger partial charge in [-0.3, -0.25) is 9.59 Å². The van der Waals surface area contributed by atoms with E-state index in [0.717, 1.165) is 35.7 Å². The molecule has 24 heavy (non-hydrogen) atoms. The predicted molar refractivity (Wildman–Crippen MR) is 92.2 cm³/mol. The van der Waals surface area contributed by atoms with E-state index in [1.54, 1.807) is 12.1 Å². The number of nitrogens with two attached hydrogens (primary N) is 1. The summed E-state index contributed by atoms with van der Waals surface area (Å²) in [5.74, 6) is 0.219. The molecule has 7 nitrogen and oxygen atoms in total. The SMILES string of the molecule is Cc1ccc(NC2CCN(C(=O)c3ccc(C(N)=O)s3)CC2)nn1. The highest BCUT2D eigenvalue weighted by molar-refractivity contribution is 7.15. The van der Waals surface area contributed by atoms with Gasteiger partial charge in [0.1, 0.15) is 5.82 Å². The molecule has 0 aliphatic carbocycles. The molecule has 0 atom stereocenters. The molecule has 126 valence electrons. The van der Waals surface area contributed by atoms with Crippen molar-refractivity contribution in [1.29, 1.82) is 0 Å². The maximum atomic E-state index is 12.5. The Hall–Kier alpha value is -2.48. The van der Waals surface area contributed by atoms with Crippen molar-refractivity contribution in [2.75, 3.05) is 18.4 Å². The zero-order valence-electron chi connectivity index (χ0n) is 13.4. The third-order valence-electron chi connectivity index (χ3n) is 3.99. The fraction of sp³-hybridized carbons (Fsp3) is 0.375. The first-order valence-corrected chi connectivity index (χ1v) is 8.60. The van der Waals surface area contributed by atoms with Crippen molar-refractivity contribution in [2.45, 2.75) is 25.8 Å². The Labute approximate surface area is 143 Å². The number of carbonyl (C=O) groups is 2. The van der Waals surface area contributed by atoms with Gasteiger partial charge in [-0.2, -0.15) is 5.10 Å². The van der Waals surface area contributed by atoms with Gasteiger partial charge in [0.2, 0.25) is 0 Å². The van der Waals surface area contributed by atoms with Crippen LogP contribution in [-0.4, -0.2) is 46.0 Å². The van der Waals surface area contributed by atoms with Gasteiger partial charge in [0.05, 0.1) is 15.4 Å². The lowest BCUT2D eigenvalue weighted by molar-refractivity contribution is 0.0723. The first kappa shape index (κ1) is 16.4. The van der Waals surface area contributed by atoms with Gasteiger partial charge in [0.15, 0.2) is 0 Å². The Bertz CT molecular complexity index is 735. The van der Waals surface area contributed by atoms with Crippen LogP contribution in [0.4, 0.5) is 5.82 Å². The molecule has 0 aromatic carbocycles. The van der Waals surface area contributed by atoms with E-state index in [9.17, 15) is 9.59 Å². The van der Waals surface area contributed by atoms with Crippen LogP contribution in [0, 0.1) is 6.92 Å². The van der Waals surface area contributed by atoms with E-state index < -0.39 is 5.91 Å². The van der Waals surface area contributed by atoms with E-state index in [4.69, 9.17) is 5.73 Å². The van der Waals surface area contributed by atoms with Gasteiger partial charge >= 0.3 is 0 Å². The fourth-order valence-electron chi connectivity index (χ4n) is 2.65. The number of amides is 2. The van der Waals surface area contributed by atoms with Gasteiger partial charge in [0.25, 0.3) is 11.8 Å². The van der Waals surface area contributed by atoms with Crippen LogP contribution in [0.2, 0.25) is 0 Å². The Morgan fingerprint density at radius 1 is 1.17 bits per heavy atom. The molecule has 0 radical (unpaired) electrons. The van der Waals surface area contributed by atoms with Crippen molar-refractivity contribution < 1.29 is 9.59 Å². The molecule has 0 bridgehead atoms. The normalized spacial score (nSPS) is 15.3. The molecule has 1 aliphatic heterocycles. The molecule has 0 unspecified atom stereocenters. The van der Waals surface area contributed by atoms with Crippen molar-refractivity contribution in [3.63, 3.8) is 0 Å². The second-order valence-electron chi connectivity index (χ2n) is 5.80. The highest BCUT2D eigenvalue weighted by Crippen LogP contribution is 2.21.